The maximum Gasteiger partial charge on any atom is 0.228 e. The van der Waals surface area contributed by atoms with Gasteiger partial charge >= 0.3 is 0 Å². The van der Waals surface area contributed by atoms with Crippen molar-refractivity contribution in [2.24, 2.45) is 7.05 Å². The number of carbonyl (C=O) groups excluding carboxylic acids is 1. The van der Waals surface area contributed by atoms with Gasteiger partial charge in [-0.2, -0.15) is 5.10 Å². The average molecular weight is 329 g/mol. The number of amides is 1. The van der Waals surface area contributed by atoms with E-state index in [9.17, 15) is 4.79 Å². The van der Waals surface area contributed by atoms with Crippen LogP contribution < -0.4 is 9.64 Å². The predicted octanol–water partition coefficient (Wildman–Crippen LogP) is 1.10. The number of aromatic nitrogens is 3. The SMILES string of the molecule is CN(C)c1ncccc1O[C@@H]1CCN(C(=O)Cc2ccn(C)n2)C1. The molecule has 3 heterocycles. The monoisotopic (exact) mass is 329 g/mol. The Morgan fingerprint density at radius 2 is 2.25 bits per heavy atom. The molecule has 0 aromatic carbocycles. The molecule has 0 aliphatic carbocycles. The van der Waals surface area contributed by atoms with Crippen LogP contribution in [0.3, 0.4) is 0 Å². The maximum absolute atomic E-state index is 12.4. The van der Waals surface area contributed by atoms with Gasteiger partial charge in [-0.05, 0) is 18.2 Å². The van der Waals surface area contributed by atoms with Gasteiger partial charge in [-0.3, -0.25) is 9.48 Å². The lowest BCUT2D eigenvalue weighted by Gasteiger charge is -2.20. The third kappa shape index (κ3) is 3.67. The molecule has 0 spiro atoms. The lowest BCUT2D eigenvalue weighted by atomic mass is 10.3. The molecule has 128 valence electrons. The molecular weight excluding hydrogens is 306 g/mol. The third-order valence-electron chi connectivity index (χ3n) is 4.07. The normalized spacial score (nSPS) is 17.1. The number of nitrogens with zero attached hydrogens (tertiary/aromatic N) is 5. The van der Waals surface area contributed by atoms with Crippen LogP contribution in [0.4, 0.5) is 5.82 Å². The highest BCUT2D eigenvalue weighted by Crippen LogP contribution is 2.26. The Labute approximate surface area is 141 Å². The third-order valence-corrected chi connectivity index (χ3v) is 4.07. The Morgan fingerprint density at radius 3 is 2.96 bits per heavy atom. The highest BCUT2D eigenvalue weighted by atomic mass is 16.5. The maximum atomic E-state index is 12.4. The fraction of sp³-hybridized carbons (Fsp3) is 0.471. The molecule has 2 aromatic rings. The van der Waals surface area contributed by atoms with Crippen molar-refractivity contribution < 1.29 is 9.53 Å². The average Bonchev–Trinajstić information content (AvgIpc) is 3.17. The van der Waals surface area contributed by atoms with E-state index < -0.39 is 0 Å². The predicted molar refractivity (Wildman–Crippen MR) is 91.1 cm³/mol. The van der Waals surface area contributed by atoms with E-state index in [0.29, 0.717) is 19.5 Å². The first-order chi connectivity index (χ1) is 11.5. The number of ether oxygens (including phenoxy) is 1. The van der Waals surface area contributed by atoms with Crippen LogP contribution >= 0.6 is 0 Å². The molecule has 1 fully saturated rings. The molecule has 0 bridgehead atoms. The molecule has 0 N–H and O–H groups in total. The van der Waals surface area contributed by atoms with Crippen LogP contribution in [0.2, 0.25) is 0 Å². The van der Waals surface area contributed by atoms with Gasteiger partial charge in [0.2, 0.25) is 5.91 Å². The second-order valence-corrected chi connectivity index (χ2v) is 6.25. The lowest BCUT2D eigenvalue weighted by molar-refractivity contribution is -0.129. The number of pyridine rings is 1. The molecule has 7 nitrogen and oxygen atoms in total. The first-order valence-corrected chi connectivity index (χ1v) is 8.08. The van der Waals surface area contributed by atoms with Gasteiger partial charge in [-0.15, -0.1) is 0 Å². The zero-order chi connectivity index (χ0) is 17.1. The van der Waals surface area contributed by atoms with Gasteiger partial charge < -0.3 is 14.5 Å². The summed E-state index contributed by atoms with van der Waals surface area (Å²) < 4.78 is 7.80. The second kappa shape index (κ2) is 6.90. The Hall–Kier alpha value is -2.57. The van der Waals surface area contributed by atoms with Crippen molar-refractivity contribution in [3.8, 4) is 5.75 Å². The van der Waals surface area contributed by atoms with E-state index >= 15 is 0 Å². The van der Waals surface area contributed by atoms with Crippen molar-refractivity contribution >= 4 is 11.7 Å². The molecule has 2 aromatic heterocycles. The minimum Gasteiger partial charge on any atom is -0.485 e. The molecule has 0 saturated carbocycles. The van der Waals surface area contributed by atoms with Gasteiger partial charge in [0.1, 0.15) is 6.10 Å². The highest BCUT2D eigenvalue weighted by Gasteiger charge is 2.28. The molecule has 24 heavy (non-hydrogen) atoms. The van der Waals surface area contributed by atoms with Crippen molar-refractivity contribution in [3.05, 3.63) is 36.3 Å². The molecule has 3 rings (SSSR count). The van der Waals surface area contributed by atoms with Crippen molar-refractivity contribution in [2.45, 2.75) is 18.9 Å². The minimum atomic E-state index is 0.000539. The fourth-order valence-electron chi connectivity index (χ4n) is 2.86. The summed E-state index contributed by atoms with van der Waals surface area (Å²) in [6, 6.07) is 5.66. The molecule has 1 saturated heterocycles. The van der Waals surface area contributed by atoms with Gasteiger partial charge in [-0.25, -0.2) is 4.98 Å². The van der Waals surface area contributed by atoms with E-state index in [1.54, 1.807) is 10.9 Å². The Kier molecular flexibility index (Phi) is 4.69. The number of hydrogen-bond acceptors (Lipinski definition) is 5. The number of likely N-dealkylation sites (tertiary alicyclic amines) is 1. The van der Waals surface area contributed by atoms with Crippen LogP contribution in [-0.2, 0) is 18.3 Å². The number of aryl methyl sites for hydroxylation is 1. The Balaban J connectivity index is 1.58. The lowest BCUT2D eigenvalue weighted by Crippen LogP contribution is -2.32. The van der Waals surface area contributed by atoms with Gasteiger partial charge in [0.05, 0.1) is 18.7 Å². The molecule has 1 atom stereocenters. The highest BCUT2D eigenvalue weighted by molar-refractivity contribution is 5.78. The van der Waals surface area contributed by atoms with Crippen molar-refractivity contribution in [3.63, 3.8) is 0 Å². The van der Waals surface area contributed by atoms with Crippen molar-refractivity contribution in [2.75, 3.05) is 32.1 Å². The first-order valence-electron chi connectivity index (χ1n) is 8.08. The van der Waals surface area contributed by atoms with Gasteiger partial charge in [0, 0.05) is 46.5 Å². The topological polar surface area (TPSA) is 63.5 Å². The summed E-state index contributed by atoms with van der Waals surface area (Å²) in [5.41, 5.74) is 0.800. The summed E-state index contributed by atoms with van der Waals surface area (Å²) in [7, 11) is 5.73. The second-order valence-electron chi connectivity index (χ2n) is 6.25. The van der Waals surface area contributed by atoms with Crippen LogP contribution in [0.25, 0.3) is 0 Å². The van der Waals surface area contributed by atoms with E-state index in [1.807, 2.05) is 55.3 Å². The van der Waals surface area contributed by atoms with Crippen LogP contribution in [0.15, 0.2) is 30.6 Å². The number of anilines is 1. The summed E-state index contributed by atoms with van der Waals surface area (Å²) in [6.07, 6.45) is 4.77. The number of hydrogen-bond donors (Lipinski definition) is 0. The van der Waals surface area contributed by atoms with Crippen LogP contribution in [0, 0.1) is 0 Å². The first kappa shape index (κ1) is 16.3. The van der Waals surface area contributed by atoms with Crippen LogP contribution in [0.1, 0.15) is 12.1 Å². The molecule has 0 unspecified atom stereocenters. The number of carbonyl (C=O) groups is 1. The Morgan fingerprint density at radius 1 is 1.42 bits per heavy atom. The molecule has 1 aliphatic rings. The summed E-state index contributed by atoms with van der Waals surface area (Å²) in [6.45, 7) is 1.32. The van der Waals surface area contributed by atoms with Gasteiger partial charge in [0.25, 0.3) is 0 Å². The van der Waals surface area contributed by atoms with E-state index in [1.165, 1.54) is 0 Å². The molecule has 0 radical (unpaired) electrons. The van der Waals surface area contributed by atoms with Crippen LogP contribution in [0.5, 0.6) is 5.75 Å². The minimum absolute atomic E-state index is 0.000539. The summed E-state index contributed by atoms with van der Waals surface area (Å²) in [5.74, 6) is 1.65. The van der Waals surface area contributed by atoms with E-state index in [-0.39, 0.29) is 12.0 Å². The van der Waals surface area contributed by atoms with Gasteiger partial charge in [-0.1, -0.05) is 0 Å². The Bertz CT molecular complexity index is 713. The van der Waals surface area contributed by atoms with Gasteiger partial charge in [0.15, 0.2) is 11.6 Å². The largest absolute Gasteiger partial charge is 0.485 e. The fourth-order valence-corrected chi connectivity index (χ4v) is 2.86. The van der Waals surface area contributed by atoms with Crippen LogP contribution in [-0.4, -0.2) is 58.9 Å². The zero-order valence-electron chi connectivity index (χ0n) is 14.3. The molecule has 1 amide bonds. The van der Waals surface area contributed by atoms with E-state index in [4.69, 9.17) is 4.74 Å². The zero-order valence-corrected chi connectivity index (χ0v) is 14.3. The van der Waals surface area contributed by atoms with E-state index in [2.05, 4.69) is 10.1 Å². The van der Waals surface area contributed by atoms with Crippen molar-refractivity contribution in [1.82, 2.24) is 19.7 Å². The van der Waals surface area contributed by atoms with Crippen molar-refractivity contribution in [1.29, 1.82) is 0 Å². The summed E-state index contributed by atoms with van der Waals surface area (Å²) in [5, 5.41) is 4.26. The molecule has 1 aliphatic heterocycles. The molecular formula is C17H23N5O2. The quantitative estimate of drug-likeness (QED) is 0.822. The smallest absolute Gasteiger partial charge is 0.228 e. The standard InChI is InChI=1S/C17H23N5O2/c1-20(2)17-15(5-4-8-18-17)24-14-7-10-22(12-14)16(23)11-13-6-9-21(3)19-13/h4-6,8-9,14H,7,10-12H2,1-3H3/t14-/m1/s1. The number of rotatable bonds is 5. The summed E-state index contributed by atoms with van der Waals surface area (Å²) in [4.78, 5) is 20.5. The molecule has 7 heteroatoms. The summed E-state index contributed by atoms with van der Waals surface area (Å²) >= 11 is 0. The van der Waals surface area contributed by atoms with E-state index in [0.717, 1.165) is 23.7 Å².